The van der Waals surface area contributed by atoms with E-state index >= 15 is 0 Å². The van der Waals surface area contributed by atoms with Crippen LogP contribution in [0.15, 0.2) is 48.8 Å². The Labute approximate surface area is 130 Å². The Morgan fingerprint density at radius 3 is 2.86 bits per heavy atom. The van der Waals surface area contributed by atoms with E-state index in [-0.39, 0.29) is 5.91 Å². The van der Waals surface area contributed by atoms with Crippen LogP contribution in [0.1, 0.15) is 27.5 Å². The summed E-state index contributed by atoms with van der Waals surface area (Å²) < 4.78 is 0. The number of benzene rings is 1. The molecule has 1 fully saturated rings. The average Bonchev–Trinajstić information content (AvgIpc) is 2.61. The molecule has 0 spiro atoms. The van der Waals surface area contributed by atoms with E-state index in [1.807, 2.05) is 17.0 Å². The van der Waals surface area contributed by atoms with Crippen LogP contribution < -0.4 is 0 Å². The van der Waals surface area contributed by atoms with Crippen LogP contribution in [0.5, 0.6) is 0 Å². The van der Waals surface area contributed by atoms with Crippen LogP contribution in [0.3, 0.4) is 0 Å². The van der Waals surface area contributed by atoms with Gasteiger partial charge in [0.25, 0.3) is 5.91 Å². The first-order chi connectivity index (χ1) is 10.8. The number of amides is 1. The molecular formula is C18H19N3O. The number of piperazine rings is 1. The second-order valence-electron chi connectivity index (χ2n) is 5.99. The van der Waals surface area contributed by atoms with Gasteiger partial charge in [0.05, 0.1) is 11.6 Å². The first-order valence-electron chi connectivity index (χ1n) is 7.84. The maximum absolute atomic E-state index is 12.7. The third kappa shape index (κ3) is 2.29. The maximum atomic E-state index is 12.7. The molecule has 0 bridgehead atoms. The van der Waals surface area contributed by atoms with Crippen LogP contribution in [-0.4, -0.2) is 46.9 Å². The van der Waals surface area contributed by atoms with Gasteiger partial charge in [-0.3, -0.25) is 14.7 Å². The second-order valence-corrected chi connectivity index (χ2v) is 5.99. The van der Waals surface area contributed by atoms with Crippen LogP contribution in [-0.2, 0) is 6.42 Å². The van der Waals surface area contributed by atoms with Gasteiger partial charge in [0, 0.05) is 38.6 Å². The minimum atomic E-state index is 0.0933. The molecule has 22 heavy (non-hydrogen) atoms. The van der Waals surface area contributed by atoms with Gasteiger partial charge < -0.3 is 4.90 Å². The molecule has 4 rings (SSSR count). The molecule has 1 unspecified atom stereocenters. The Morgan fingerprint density at radius 1 is 1.09 bits per heavy atom. The summed E-state index contributed by atoms with van der Waals surface area (Å²) in [6.45, 7) is 3.61. The number of aromatic nitrogens is 1. The van der Waals surface area contributed by atoms with Gasteiger partial charge in [0.15, 0.2) is 0 Å². The van der Waals surface area contributed by atoms with Crippen molar-refractivity contribution in [2.75, 3.05) is 26.2 Å². The molecule has 0 radical (unpaired) electrons. The van der Waals surface area contributed by atoms with Gasteiger partial charge in [-0.05, 0) is 29.7 Å². The van der Waals surface area contributed by atoms with Gasteiger partial charge in [-0.15, -0.1) is 0 Å². The predicted molar refractivity (Wildman–Crippen MR) is 84.6 cm³/mol. The van der Waals surface area contributed by atoms with Gasteiger partial charge in [-0.1, -0.05) is 24.3 Å². The van der Waals surface area contributed by atoms with E-state index in [0.717, 1.165) is 32.6 Å². The van der Waals surface area contributed by atoms with E-state index in [1.165, 1.54) is 11.1 Å². The monoisotopic (exact) mass is 293 g/mol. The van der Waals surface area contributed by atoms with Crippen LogP contribution in [0.4, 0.5) is 0 Å². The van der Waals surface area contributed by atoms with Crippen molar-refractivity contribution in [3.05, 3.63) is 65.5 Å². The Bertz CT molecular complexity index is 686. The summed E-state index contributed by atoms with van der Waals surface area (Å²) >= 11 is 0. The SMILES string of the molecule is O=C(c1cccnc1)N1CCN2CCc3ccccc3C2C1. The minimum absolute atomic E-state index is 0.0933. The van der Waals surface area contributed by atoms with Gasteiger partial charge in [-0.2, -0.15) is 0 Å². The molecule has 1 atom stereocenters. The fraction of sp³-hybridized carbons (Fsp3) is 0.333. The molecule has 112 valence electrons. The number of pyridine rings is 1. The topological polar surface area (TPSA) is 36.4 Å². The Kier molecular flexibility index (Phi) is 3.39. The highest BCUT2D eigenvalue weighted by atomic mass is 16.2. The Morgan fingerprint density at radius 2 is 2.00 bits per heavy atom. The molecule has 3 heterocycles. The molecule has 0 saturated carbocycles. The van der Waals surface area contributed by atoms with Gasteiger partial charge in [0.2, 0.25) is 0 Å². The summed E-state index contributed by atoms with van der Waals surface area (Å²) in [5.41, 5.74) is 3.50. The summed E-state index contributed by atoms with van der Waals surface area (Å²) in [7, 11) is 0. The van der Waals surface area contributed by atoms with Crippen molar-refractivity contribution < 1.29 is 4.79 Å². The van der Waals surface area contributed by atoms with Crippen molar-refractivity contribution in [3.8, 4) is 0 Å². The van der Waals surface area contributed by atoms with Crippen molar-refractivity contribution in [2.45, 2.75) is 12.5 Å². The highest BCUT2D eigenvalue weighted by Gasteiger charge is 2.34. The molecule has 1 aromatic heterocycles. The van der Waals surface area contributed by atoms with Gasteiger partial charge in [0.1, 0.15) is 0 Å². The number of fused-ring (bicyclic) bond motifs is 3. The predicted octanol–water partition coefficient (Wildman–Crippen LogP) is 2.14. The van der Waals surface area contributed by atoms with Crippen LogP contribution >= 0.6 is 0 Å². The summed E-state index contributed by atoms with van der Waals surface area (Å²) in [4.78, 5) is 21.2. The third-order valence-corrected chi connectivity index (χ3v) is 4.77. The number of carbonyl (C=O) groups excluding carboxylic acids is 1. The highest BCUT2D eigenvalue weighted by Crippen LogP contribution is 2.32. The zero-order valence-electron chi connectivity index (χ0n) is 12.5. The molecular weight excluding hydrogens is 274 g/mol. The quantitative estimate of drug-likeness (QED) is 0.808. The van der Waals surface area contributed by atoms with E-state index in [9.17, 15) is 4.79 Å². The van der Waals surface area contributed by atoms with Crippen molar-refractivity contribution in [3.63, 3.8) is 0 Å². The molecule has 2 aromatic rings. The van der Waals surface area contributed by atoms with Gasteiger partial charge in [-0.25, -0.2) is 0 Å². The Hall–Kier alpha value is -2.20. The fourth-order valence-electron chi connectivity index (χ4n) is 3.59. The number of rotatable bonds is 1. The average molecular weight is 293 g/mol. The molecule has 2 aliphatic heterocycles. The van der Waals surface area contributed by atoms with E-state index in [2.05, 4.69) is 34.1 Å². The van der Waals surface area contributed by atoms with Crippen LogP contribution in [0.2, 0.25) is 0 Å². The van der Waals surface area contributed by atoms with Crippen molar-refractivity contribution >= 4 is 5.91 Å². The molecule has 1 amide bonds. The van der Waals surface area contributed by atoms with Crippen molar-refractivity contribution in [2.24, 2.45) is 0 Å². The lowest BCUT2D eigenvalue weighted by molar-refractivity contribution is 0.0453. The van der Waals surface area contributed by atoms with E-state index in [4.69, 9.17) is 0 Å². The van der Waals surface area contributed by atoms with Gasteiger partial charge >= 0.3 is 0 Å². The van der Waals surface area contributed by atoms with Crippen molar-refractivity contribution in [1.82, 2.24) is 14.8 Å². The zero-order valence-corrected chi connectivity index (χ0v) is 12.5. The standard InChI is InChI=1S/C18H19N3O/c22-18(15-5-3-8-19-12-15)21-11-10-20-9-7-14-4-1-2-6-16(14)17(20)13-21/h1-6,8,12,17H,7,9-11,13H2. The molecule has 4 nitrogen and oxygen atoms in total. The molecule has 0 N–H and O–H groups in total. The number of hydrogen-bond acceptors (Lipinski definition) is 3. The highest BCUT2D eigenvalue weighted by molar-refractivity contribution is 5.94. The smallest absolute Gasteiger partial charge is 0.255 e. The van der Waals surface area contributed by atoms with Crippen LogP contribution in [0.25, 0.3) is 0 Å². The van der Waals surface area contributed by atoms with Crippen LogP contribution in [0, 0.1) is 0 Å². The lowest BCUT2D eigenvalue weighted by Gasteiger charge is -2.44. The fourth-order valence-corrected chi connectivity index (χ4v) is 3.59. The van der Waals surface area contributed by atoms with E-state index in [1.54, 1.807) is 12.4 Å². The largest absolute Gasteiger partial charge is 0.335 e. The second kappa shape index (κ2) is 5.54. The molecule has 0 aliphatic carbocycles. The van der Waals surface area contributed by atoms with E-state index in [0.29, 0.717) is 11.6 Å². The summed E-state index contributed by atoms with van der Waals surface area (Å²) in [5.74, 6) is 0.0933. The summed E-state index contributed by atoms with van der Waals surface area (Å²) in [6.07, 6.45) is 4.47. The normalized spacial score (nSPS) is 21.1. The lowest BCUT2D eigenvalue weighted by Crippen LogP contribution is -2.52. The number of hydrogen-bond donors (Lipinski definition) is 0. The first kappa shape index (κ1) is 13.5. The first-order valence-corrected chi connectivity index (χ1v) is 7.84. The van der Waals surface area contributed by atoms with E-state index < -0.39 is 0 Å². The Balaban J connectivity index is 1.59. The molecule has 4 heteroatoms. The molecule has 1 saturated heterocycles. The molecule has 1 aromatic carbocycles. The minimum Gasteiger partial charge on any atom is -0.335 e. The van der Waals surface area contributed by atoms with Crippen molar-refractivity contribution in [1.29, 1.82) is 0 Å². The summed E-state index contributed by atoms with van der Waals surface area (Å²) in [6, 6.07) is 12.6. The maximum Gasteiger partial charge on any atom is 0.255 e. The molecule has 2 aliphatic rings. The lowest BCUT2D eigenvalue weighted by atomic mass is 9.91. The summed E-state index contributed by atoms with van der Waals surface area (Å²) in [5, 5.41) is 0. The zero-order chi connectivity index (χ0) is 14.9. The number of nitrogens with zero attached hydrogens (tertiary/aromatic N) is 3. The third-order valence-electron chi connectivity index (χ3n) is 4.77. The number of carbonyl (C=O) groups is 1.